The van der Waals surface area contributed by atoms with Gasteiger partial charge in [0.15, 0.2) is 0 Å². The second-order valence-electron chi connectivity index (χ2n) is 4.56. The van der Waals surface area contributed by atoms with Gasteiger partial charge in [-0.25, -0.2) is 0 Å². The molecule has 0 aliphatic carbocycles. The van der Waals surface area contributed by atoms with Crippen LogP contribution in [-0.2, 0) is 12.6 Å². The van der Waals surface area contributed by atoms with Crippen molar-refractivity contribution in [1.29, 1.82) is 0 Å². The van der Waals surface area contributed by atoms with Crippen molar-refractivity contribution in [1.82, 2.24) is 4.98 Å². The van der Waals surface area contributed by atoms with E-state index in [1.54, 1.807) is 18.5 Å². The first-order valence-corrected chi connectivity index (χ1v) is 7.57. The molecule has 2 rings (SSSR count). The average Bonchev–Trinajstić information content (AvgIpc) is 2.37. The first-order chi connectivity index (χ1) is 9.77. The van der Waals surface area contributed by atoms with E-state index in [4.69, 9.17) is 5.73 Å². The van der Waals surface area contributed by atoms with Crippen LogP contribution in [0.3, 0.4) is 0 Å². The van der Waals surface area contributed by atoms with Gasteiger partial charge in [-0.2, -0.15) is 13.2 Å². The van der Waals surface area contributed by atoms with Crippen LogP contribution in [0.4, 0.5) is 13.2 Å². The lowest BCUT2D eigenvalue weighted by molar-refractivity contribution is -0.138. The molecule has 0 saturated heterocycles. The standard InChI is InChI=1S/C14H11Br2F3N2/c15-10-3-8(6-21-7-10)4-13(20)9-1-2-12(16)11(5-9)14(17,18)19/h1-3,5-7,13H,4,20H2. The molecule has 0 fully saturated rings. The lowest BCUT2D eigenvalue weighted by atomic mass is 9.99. The van der Waals surface area contributed by atoms with Gasteiger partial charge in [-0.1, -0.05) is 22.0 Å². The lowest BCUT2D eigenvalue weighted by Crippen LogP contribution is -2.15. The summed E-state index contributed by atoms with van der Waals surface area (Å²) >= 11 is 6.21. The Morgan fingerprint density at radius 3 is 2.48 bits per heavy atom. The fourth-order valence-corrected chi connectivity index (χ4v) is 2.81. The van der Waals surface area contributed by atoms with Gasteiger partial charge in [-0.3, -0.25) is 4.98 Å². The number of nitrogens with two attached hydrogens (primary N) is 1. The number of hydrogen-bond acceptors (Lipinski definition) is 2. The lowest BCUT2D eigenvalue weighted by Gasteiger charge is -2.16. The van der Waals surface area contributed by atoms with Gasteiger partial charge in [-0.15, -0.1) is 0 Å². The number of nitrogens with zero attached hydrogens (tertiary/aromatic N) is 1. The number of pyridine rings is 1. The average molecular weight is 424 g/mol. The van der Waals surface area contributed by atoms with E-state index >= 15 is 0 Å². The van der Waals surface area contributed by atoms with Gasteiger partial charge in [0, 0.05) is 27.4 Å². The predicted octanol–water partition coefficient (Wildman–Crippen LogP) is 4.87. The highest BCUT2D eigenvalue weighted by atomic mass is 79.9. The highest BCUT2D eigenvalue weighted by Crippen LogP contribution is 2.36. The molecule has 0 aliphatic heterocycles. The predicted molar refractivity (Wildman–Crippen MR) is 81.7 cm³/mol. The van der Waals surface area contributed by atoms with Crippen molar-refractivity contribution < 1.29 is 13.2 Å². The maximum atomic E-state index is 12.9. The summed E-state index contributed by atoms with van der Waals surface area (Å²) in [6, 6.07) is 5.36. The number of rotatable bonds is 3. The molecule has 7 heteroatoms. The highest BCUT2D eigenvalue weighted by Gasteiger charge is 2.33. The fraction of sp³-hybridized carbons (Fsp3) is 0.214. The summed E-state index contributed by atoms with van der Waals surface area (Å²) in [5.41, 5.74) is 6.58. The van der Waals surface area contributed by atoms with Crippen molar-refractivity contribution in [2.24, 2.45) is 5.73 Å². The Labute approximate surface area is 136 Å². The van der Waals surface area contributed by atoms with E-state index in [2.05, 4.69) is 36.8 Å². The molecule has 1 aromatic carbocycles. The molecule has 0 spiro atoms. The fourth-order valence-electron chi connectivity index (χ4n) is 1.93. The van der Waals surface area contributed by atoms with Gasteiger partial charge in [0.05, 0.1) is 5.56 Å². The third-order valence-corrected chi connectivity index (χ3v) is 4.07. The Balaban J connectivity index is 2.25. The van der Waals surface area contributed by atoms with Gasteiger partial charge in [-0.05, 0) is 51.7 Å². The molecular formula is C14H11Br2F3N2. The van der Waals surface area contributed by atoms with Crippen LogP contribution in [0.5, 0.6) is 0 Å². The molecule has 0 bridgehead atoms. The Morgan fingerprint density at radius 1 is 1.14 bits per heavy atom. The maximum Gasteiger partial charge on any atom is 0.417 e. The minimum absolute atomic E-state index is 0.00933. The molecule has 2 aromatic rings. The molecule has 1 heterocycles. The van der Waals surface area contributed by atoms with Crippen LogP contribution in [0.15, 0.2) is 45.6 Å². The van der Waals surface area contributed by atoms with Gasteiger partial charge >= 0.3 is 6.18 Å². The van der Waals surface area contributed by atoms with E-state index in [1.165, 1.54) is 6.07 Å². The van der Waals surface area contributed by atoms with Crippen LogP contribution in [0.1, 0.15) is 22.7 Å². The monoisotopic (exact) mass is 422 g/mol. The third-order valence-electron chi connectivity index (χ3n) is 2.94. The Hall–Kier alpha value is -0.920. The molecule has 112 valence electrons. The molecular weight excluding hydrogens is 413 g/mol. The zero-order valence-electron chi connectivity index (χ0n) is 10.7. The number of benzene rings is 1. The summed E-state index contributed by atoms with van der Waals surface area (Å²) in [4.78, 5) is 4.01. The summed E-state index contributed by atoms with van der Waals surface area (Å²) in [6.45, 7) is 0. The van der Waals surface area contributed by atoms with Crippen molar-refractivity contribution in [3.05, 3.63) is 62.3 Å². The van der Waals surface area contributed by atoms with E-state index < -0.39 is 17.8 Å². The second-order valence-corrected chi connectivity index (χ2v) is 6.33. The van der Waals surface area contributed by atoms with E-state index in [0.29, 0.717) is 12.0 Å². The Bertz CT molecular complexity index is 644. The first kappa shape index (κ1) is 16.5. The van der Waals surface area contributed by atoms with Gasteiger partial charge in [0.1, 0.15) is 0 Å². The zero-order valence-corrected chi connectivity index (χ0v) is 13.8. The molecule has 1 aromatic heterocycles. The Kier molecular flexibility index (Phi) is 5.06. The smallest absolute Gasteiger partial charge is 0.324 e. The summed E-state index contributed by atoms with van der Waals surface area (Å²) in [5.74, 6) is 0. The quantitative estimate of drug-likeness (QED) is 0.764. The van der Waals surface area contributed by atoms with Crippen LogP contribution in [-0.4, -0.2) is 4.98 Å². The van der Waals surface area contributed by atoms with E-state index in [-0.39, 0.29) is 4.47 Å². The third kappa shape index (κ3) is 4.28. The van der Waals surface area contributed by atoms with Crippen molar-refractivity contribution in [2.45, 2.75) is 18.6 Å². The van der Waals surface area contributed by atoms with Crippen LogP contribution in [0, 0.1) is 0 Å². The van der Waals surface area contributed by atoms with Crippen LogP contribution >= 0.6 is 31.9 Å². The maximum absolute atomic E-state index is 12.9. The first-order valence-electron chi connectivity index (χ1n) is 5.99. The molecule has 2 nitrogen and oxygen atoms in total. The van der Waals surface area contributed by atoms with E-state index in [1.807, 2.05) is 6.07 Å². The van der Waals surface area contributed by atoms with Crippen LogP contribution in [0.2, 0.25) is 0 Å². The van der Waals surface area contributed by atoms with Crippen molar-refractivity contribution in [3.63, 3.8) is 0 Å². The van der Waals surface area contributed by atoms with Crippen LogP contribution in [0.25, 0.3) is 0 Å². The summed E-state index contributed by atoms with van der Waals surface area (Å²) in [5, 5.41) is 0. The normalized spacial score (nSPS) is 13.2. The number of alkyl halides is 3. The van der Waals surface area contributed by atoms with Crippen molar-refractivity contribution in [3.8, 4) is 0 Å². The largest absolute Gasteiger partial charge is 0.417 e. The molecule has 1 atom stereocenters. The van der Waals surface area contributed by atoms with Crippen LogP contribution < -0.4 is 5.73 Å². The number of halogens is 5. The number of aromatic nitrogens is 1. The zero-order chi connectivity index (χ0) is 15.6. The number of hydrogen-bond donors (Lipinski definition) is 1. The minimum Gasteiger partial charge on any atom is -0.324 e. The van der Waals surface area contributed by atoms with Crippen molar-refractivity contribution in [2.75, 3.05) is 0 Å². The molecule has 0 amide bonds. The van der Waals surface area contributed by atoms with Gasteiger partial charge in [0.25, 0.3) is 0 Å². The second kappa shape index (κ2) is 6.46. The minimum atomic E-state index is -4.41. The topological polar surface area (TPSA) is 38.9 Å². The molecule has 0 saturated carbocycles. The van der Waals surface area contributed by atoms with Gasteiger partial charge in [0.2, 0.25) is 0 Å². The SMILES string of the molecule is NC(Cc1cncc(Br)c1)c1ccc(Br)c(C(F)(F)F)c1. The molecule has 0 radical (unpaired) electrons. The summed E-state index contributed by atoms with van der Waals surface area (Å²) < 4.78 is 39.5. The van der Waals surface area contributed by atoms with Gasteiger partial charge < -0.3 is 5.73 Å². The van der Waals surface area contributed by atoms with E-state index in [0.717, 1.165) is 16.1 Å². The molecule has 0 aliphatic rings. The Morgan fingerprint density at radius 2 is 1.86 bits per heavy atom. The molecule has 2 N–H and O–H groups in total. The summed E-state index contributed by atoms with van der Waals surface area (Å²) in [7, 11) is 0. The molecule has 1 unspecified atom stereocenters. The molecule has 21 heavy (non-hydrogen) atoms. The summed E-state index contributed by atoms with van der Waals surface area (Å²) in [6.07, 6.45) is -0.720. The highest BCUT2D eigenvalue weighted by molar-refractivity contribution is 9.10. The van der Waals surface area contributed by atoms with Crippen molar-refractivity contribution >= 4 is 31.9 Å². The van der Waals surface area contributed by atoms with E-state index in [9.17, 15) is 13.2 Å².